The molecule has 3 rings (SSSR count). The number of aryl methyl sites for hydroxylation is 1. The van der Waals surface area contributed by atoms with E-state index in [2.05, 4.69) is 0 Å². The zero-order valence-electron chi connectivity index (χ0n) is 16.4. The summed E-state index contributed by atoms with van der Waals surface area (Å²) in [4.78, 5) is 13.1. The molecule has 2 aliphatic rings. The quantitative estimate of drug-likeness (QED) is 0.481. The molecule has 8 nitrogen and oxygen atoms in total. The maximum atomic E-state index is 13.1. The van der Waals surface area contributed by atoms with Crippen molar-refractivity contribution in [2.75, 3.05) is 13.2 Å². The second-order valence-corrected chi connectivity index (χ2v) is 8.21. The smallest absolute Gasteiger partial charge is 0.186 e. The van der Waals surface area contributed by atoms with E-state index >= 15 is 0 Å². The molecular weight excluding hydrogens is 368 g/mol. The van der Waals surface area contributed by atoms with Crippen LogP contribution >= 0.6 is 0 Å². The van der Waals surface area contributed by atoms with Gasteiger partial charge in [-0.05, 0) is 49.9 Å². The van der Waals surface area contributed by atoms with Crippen molar-refractivity contribution in [3.63, 3.8) is 0 Å². The Morgan fingerprint density at radius 2 is 1.89 bits per heavy atom. The van der Waals surface area contributed by atoms with Gasteiger partial charge in [0.1, 0.15) is 24.4 Å². The standard InChI is InChI=1S/C20H28O8/c1-8-5-10-14(9(2)13(8)11(22)6-21)17(26)20(3,4)18(10)28-19-16(25)15(24)12(23)7-27-19/h5,11-12,15-16,18-19,21-25H,6-7H2,1-4H3/t11-,12-,15-,16+,18+,19-/m0/s1. The third-order valence-corrected chi connectivity index (χ3v) is 5.85. The van der Waals surface area contributed by atoms with Gasteiger partial charge in [-0.15, -0.1) is 0 Å². The van der Waals surface area contributed by atoms with Crippen molar-refractivity contribution in [1.82, 2.24) is 0 Å². The summed E-state index contributed by atoms with van der Waals surface area (Å²) in [6.45, 7) is 6.29. The molecule has 0 saturated carbocycles. The van der Waals surface area contributed by atoms with Gasteiger partial charge in [-0.25, -0.2) is 0 Å². The van der Waals surface area contributed by atoms with Gasteiger partial charge < -0.3 is 35.0 Å². The fourth-order valence-electron chi connectivity index (χ4n) is 4.25. The minimum Gasteiger partial charge on any atom is -0.393 e. The van der Waals surface area contributed by atoms with E-state index in [1.54, 1.807) is 33.8 Å². The van der Waals surface area contributed by atoms with E-state index < -0.39 is 48.8 Å². The molecule has 28 heavy (non-hydrogen) atoms. The number of aliphatic hydroxyl groups is 5. The second-order valence-electron chi connectivity index (χ2n) is 8.21. The lowest BCUT2D eigenvalue weighted by Crippen LogP contribution is -2.54. The number of Topliss-reactive ketones (excluding diaryl/α,β-unsaturated/α-hetero) is 1. The monoisotopic (exact) mass is 396 g/mol. The molecule has 0 amide bonds. The lowest BCUT2D eigenvalue weighted by atomic mass is 9.86. The topological polar surface area (TPSA) is 137 Å². The lowest BCUT2D eigenvalue weighted by molar-refractivity contribution is -0.290. The van der Waals surface area contributed by atoms with E-state index in [1.165, 1.54) is 0 Å². The summed E-state index contributed by atoms with van der Waals surface area (Å²) >= 11 is 0. The highest BCUT2D eigenvalue weighted by Gasteiger charge is 2.51. The normalized spacial score (nSPS) is 33.0. The van der Waals surface area contributed by atoms with Crippen molar-refractivity contribution in [2.24, 2.45) is 5.41 Å². The number of rotatable bonds is 4. The number of ketones is 1. The summed E-state index contributed by atoms with van der Waals surface area (Å²) in [6, 6.07) is 1.74. The number of hydrogen-bond donors (Lipinski definition) is 5. The summed E-state index contributed by atoms with van der Waals surface area (Å²) in [6.07, 6.45) is -7.14. The Morgan fingerprint density at radius 1 is 1.25 bits per heavy atom. The van der Waals surface area contributed by atoms with Gasteiger partial charge in [0.05, 0.1) is 24.7 Å². The SMILES string of the molecule is Cc1cc2c(c(C)c1[C@@H](O)CO)C(=O)C(C)(C)[C@@H]2O[C@@H]1OC[C@H](O)[C@H](O)[C@H]1O. The molecule has 0 aromatic heterocycles. The van der Waals surface area contributed by atoms with E-state index in [0.29, 0.717) is 27.8 Å². The predicted octanol–water partition coefficient (Wildman–Crippen LogP) is 0.0483. The first-order valence-electron chi connectivity index (χ1n) is 9.31. The fourth-order valence-corrected chi connectivity index (χ4v) is 4.25. The van der Waals surface area contributed by atoms with Crippen molar-refractivity contribution in [2.45, 2.75) is 64.5 Å². The molecule has 156 valence electrons. The molecule has 1 aromatic rings. The van der Waals surface area contributed by atoms with Crippen LogP contribution in [0.4, 0.5) is 0 Å². The Balaban J connectivity index is 2.02. The van der Waals surface area contributed by atoms with Crippen molar-refractivity contribution in [3.05, 3.63) is 33.9 Å². The highest BCUT2D eigenvalue weighted by Crippen LogP contribution is 2.50. The third kappa shape index (κ3) is 3.19. The molecule has 1 saturated heterocycles. The van der Waals surface area contributed by atoms with Crippen molar-refractivity contribution < 1.29 is 39.8 Å². The van der Waals surface area contributed by atoms with Gasteiger partial charge in [0.25, 0.3) is 0 Å². The Hall–Kier alpha value is -1.39. The molecule has 1 heterocycles. The van der Waals surface area contributed by atoms with E-state index in [0.717, 1.165) is 0 Å². The summed E-state index contributed by atoms with van der Waals surface area (Å²) in [7, 11) is 0. The summed E-state index contributed by atoms with van der Waals surface area (Å²) in [5, 5.41) is 49.2. The molecule has 5 N–H and O–H groups in total. The van der Waals surface area contributed by atoms with Crippen molar-refractivity contribution in [1.29, 1.82) is 0 Å². The van der Waals surface area contributed by atoms with Gasteiger partial charge in [0, 0.05) is 5.56 Å². The molecule has 6 atom stereocenters. The number of fused-ring (bicyclic) bond motifs is 1. The molecule has 0 unspecified atom stereocenters. The van der Waals surface area contributed by atoms with Crippen LogP contribution < -0.4 is 0 Å². The minimum atomic E-state index is -1.46. The van der Waals surface area contributed by atoms with Crippen LogP contribution in [0.25, 0.3) is 0 Å². The van der Waals surface area contributed by atoms with Crippen LogP contribution in [0.5, 0.6) is 0 Å². The number of carbonyl (C=O) groups is 1. The Bertz CT molecular complexity index is 774. The molecule has 8 heteroatoms. The minimum absolute atomic E-state index is 0.178. The van der Waals surface area contributed by atoms with Crippen LogP contribution in [0.1, 0.15) is 58.7 Å². The van der Waals surface area contributed by atoms with Gasteiger partial charge in [-0.3, -0.25) is 4.79 Å². The second kappa shape index (κ2) is 7.46. The molecule has 1 aromatic carbocycles. The van der Waals surface area contributed by atoms with Crippen LogP contribution in [0.2, 0.25) is 0 Å². The molecule has 1 aliphatic heterocycles. The highest BCUT2D eigenvalue weighted by molar-refractivity contribution is 6.06. The van der Waals surface area contributed by atoms with Crippen LogP contribution in [-0.2, 0) is 9.47 Å². The zero-order chi connectivity index (χ0) is 21.0. The molecule has 0 spiro atoms. The predicted molar refractivity (Wildman–Crippen MR) is 97.7 cm³/mol. The van der Waals surface area contributed by atoms with Gasteiger partial charge in [-0.2, -0.15) is 0 Å². The molecular formula is C20H28O8. The summed E-state index contributed by atoms with van der Waals surface area (Å²) < 4.78 is 11.3. The number of carbonyl (C=O) groups excluding carboxylic acids is 1. The number of ether oxygens (including phenoxy) is 2. The van der Waals surface area contributed by atoms with Crippen LogP contribution in [0.3, 0.4) is 0 Å². The average Bonchev–Trinajstić information content (AvgIpc) is 2.82. The fraction of sp³-hybridized carbons (Fsp3) is 0.650. The maximum absolute atomic E-state index is 13.1. The Kier molecular flexibility index (Phi) is 5.68. The lowest BCUT2D eigenvalue weighted by Gasteiger charge is -2.38. The van der Waals surface area contributed by atoms with E-state index in [9.17, 15) is 30.3 Å². The molecule has 1 fully saturated rings. The first-order valence-corrected chi connectivity index (χ1v) is 9.31. The van der Waals surface area contributed by atoms with Gasteiger partial charge >= 0.3 is 0 Å². The van der Waals surface area contributed by atoms with Gasteiger partial charge in [-0.1, -0.05) is 6.07 Å². The Morgan fingerprint density at radius 3 is 2.50 bits per heavy atom. The van der Waals surface area contributed by atoms with E-state index in [4.69, 9.17) is 9.47 Å². The first kappa shape index (κ1) is 21.3. The molecule has 0 bridgehead atoms. The first-order chi connectivity index (χ1) is 13.0. The summed E-state index contributed by atoms with van der Waals surface area (Å²) in [5.74, 6) is -0.178. The van der Waals surface area contributed by atoms with Crippen LogP contribution in [0.15, 0.2) is 6.07 Å². The maximum Gasteiger partial charge on any atom is 0.186 e. The number of benzene rings is 1. The van der Waals surface area contributed by atoms with Crippen LogP contribution in [-0.4, -0.2) is 69.1 Å². The third-order valence-electron chi connectivity index (χ3n) is 5.85. The summed E-state index contributed by atoms with van der Waals surface area (Å²) in [5.41, 5.74) is 1.86. The molecule has 0 radical (unpaired) electrons. The van der Waals surface area contributed by atoms with Crippen molar-refractivity contribution in [3.8, 4) is 0 Å². The average molecular weight is 396 g/mol. The van der Waals surface area contributed by atoms with E-state index in [-0.39, 0.29) is 12.4 Å². The van der Waals surface area contributed by atoms with Crippen molar-refractivity contribution >= 4 is 5.78 Å². The highest BCUT2D eigenvalue weighted by atomic mass is 16.7. The molecule has 1 aliphatic carbocycles. The van der Waals surface area contributed by atoms with Crippen LogP contribution in [0, 0.1) is 19.3 Å². The largest absolute Gasteiger partial charge is 0.393 e. The van der Waals surface area contributed by atoms with Gasteiger partial charge in [0.15, 0.2) is 12.1 Å². The van der Waals surface area contributed by atoms with E-state index in [1.807, 2.05) is 0 Å². The van der Waals surface area contributed by atoms with Gasteiger partial charge in [0.2, 0.25) is 0 Å². The zero-order valence-corrected chi connectivity index (χ0v) is 16.4. The number of aliphatic hydroxyl groups excluding tert-OH is 5. The Labute approximate surface area is 163 Å². The number of hydrogen-bond acceptors (Lipinski definition) is 8.